The van der Waals surface area contributed by atoms with E-state index >= 15 is 0 Å². The Hall–Kier alpha value is -1.55. The van der Waals surface area contributed by atoms with Crippen molar-refractivity contribution in [2.75, 3.05) is 19.0 Å². The molecule has 0 heterocycles. The van der Waals surface area contributed by atoms with Crippen molar-refractivity contribution in [2.45, 2.75) is 19.9 Å². The summed E-state index contributed by atoms with van der Waals surface area (Å²) in [5.74, 6) is 0. The van der Waals surface area contributed by atoms with E-state index in [0.29, 0.717) is 6.61 Å². The zero-order valence-electron chi connectivity index (χ0n) is 9.91. The Kier molecular flexibility index (Phi) is 4.79. The molecule has 0 spiro atoms. The zero-order chi connectivity index (χ0) is 12.0. The van der Waals surface area contributed by atoms with Crippen LogP contribution in [-0.2, 0) is 4.74 Å². The first-order valence-electron chi connectivity index (χ1n) is 5.25. The highest BCUT2D eigenvalue weighted by atomic mass is 16.5. The second kappa shape index (κ2) is 6.12. The quantitative estimate of drug-likeness (QED) is 0.820. The van der Waals surface area contributed by atoms with Gasteiger partial charge in [0, 0.05) is 12.8 Å². The molecule has 0 aliphatic carbocycles. The topological polar surface area (TPSA) is 50.4 Å². The number of methoxy groups -OCH3 is 1. The summed E-state index contributed by atoms with van der Waals surface area (Å²) in [4.78, 5) is 11.5. The molecule has 1 atom stereocenters. The van der Waals surface area contributed by atoms with Crippen LogP contribution in [-0.4, -0.2) is 25.8 Å². The molecule has 2 N–H and O–H groups in total. The number of ether oxygens (including phenoxy) is 1. The SMILES string of the molecule is COCC(C)NC(=O)Nc1ccc(C)cc1. The van der Waals surface area contributed by atoms with Gasteiger partial charge in [-0.15, -0.1) is 0 Å². The molecule has 2 amide bonds. The number of benzene rings is 1. The molecule has 0 bridgehead atoms. The van der Waals surface area contributed by atoms with Gasteiger partial charge in [0.2, 0.25) is 0 Å². The van der Waals surface area contributed by atoms with E-state index in [1.165, 1.54) is 5.56 Å². The number of urea groups is 1. The molecule has 0 saturated carbocycles. The van der Waals surface area contributed by atoms with E-state index in [2.05, 4.69) is 10.6 Å². The second-order valence-corrected chi connectivity index (χ2v) is 3.82. The summed E-state index contributed by atoms with van der Waals surface area (Å²) < 4.78 is 4.93. The summed E-state index contributed by atoms with van der Waals surface area (Å²) in [5, 5.41) is 5.52. The fourth-order valence-corrected chi connectivity index (χ4v) is 1.32. The highest BCUT2D eigenvalue weighted by molar-refractivity contribution is 5.89. The summed E-state index contributed by atoms with van der Waals surface area (Å²) in [6.07, 6.45) is 0. The van der Waals surface area contributed by atoms with Gasteiger partial charge in [0.25, 0.3) is 0 Å². The van der Waals surface area contributed by atoms with Crippen molar-refractivity contribution in [1.82, 2.24) is 5.32 Å². The van der Waals surface area contributed by atoms with Gasteiger partial charge in [0.15, 0.2) is 0 Å². The van der Waals surface area contributed by atoms with Crippen molar-refractivity contribution < 1.29 is 9.53 Å². The number of hydrogen-bond donors (Lipinski definition) is 2. The molecule has 1 aromatic rings. The lowest BCUT2D eigenvalue weighted by Crippen LogP contribution is -2.38. The van der Waals surface area contributed by atoms with Gasteiger partial charge in [-0.2, -0.15) is 0 Å². The van der Waals surface area contributed by atoms with E-state index in [1.807, 2.05) is 38.1 Å². The minimum atomic E-state index is -0.214. The molecule has 0 fully saturated rings. The third-order valence-electron chi connectivity index (χ3n) is 2.10. The molecule has 1 unspecified atom stereocenters. The number of anilines is 1. The van der Waals surface area contributed by atoms with E-state index in [9.17, 15) is 4.79 Å². The Bertz CT molecular complexity index is 335. The van der Waals surface area contributed by atoms with Crippen LogP contribution >= 0.6 is 0 Å². The van der Waals surface area contributed by atoms with Crippen LogP contribution in [0.2, 0.25) is 0 Å². The standard InChI is InChI=1S/C12H18N2O2/c1-9-4-6-11(7-5-9)14-12(15)13-10(2)8-16-3/h4-7,10H,8H2,1-3H3,(H2,13,14,15). The maximum absolute atomic E-state index is 11.5. The van der Waals surface area contributed by atoms with Gasteiger partial charge in [-0.05, 0) is 26.0 Å². The number of nitrogens with one attached hydrogen (secondary N) is 2. The van der Waals surface area contributed by atoms with Gasteiger partial charge in [-0.25, -0.2) is 4.79 Å². The Balaban J connectivity index is 2.42. The monoisotopic (exact) mass is 222 g/mol. The number of rotatable bonds is 4. The largest absolute Gasteiger partial charge is 0.383 e. The smallest absolute Gasteiger partial charge is 0.319 e. The van der Waals surface area contributed by atoms with E-state index < -0.39 is 0 Å². The first kappa shape index (κ1) is 12.5. The minimum Gasteiger partial charge on any atom is -0.383 e. The molecule has 0 aromatic heterocycles. The van der Waals surface area contributed by atoms with E-state index in [4.69, 9.17) is 4.74 Å². The summed E-state index contributed by atoms with van der Waals surface area (Å²) in [6.45, 7) is 4.39. The molecule has 4 heteroatoms. The highest BCUT2D eigenvalue weighted by Crippen LogP contribution is 2.08. The van der Waals surface area contributed by atoms with Gasteiger partial charge in [-0.1, -0.05) is 17.7 Å². The van der Waals surface area contributed by atoms with E-state index in [0.717, 1.165) is 5.69 Å². The van der Waals surface area contributed by atoms with Crippen LogP contribution in [0.4, 0.5) is 10.5 Å². The maximum Gasteiger partial charge on any atom is 0.319 e. The van der Waals surface area contributed by atoms with Gasteiger partial charge in [-0.3, -0.25) is 0 Å². The van der Waals surface area contributed by atoms with Gasteiger partial charge in [0.05, 0.1) is 12.6 Å². The van der Waals surface area contributed by atoms with E-state index in [1.54, 1.807) is 7.11 Å². The number of amides is 2. The molecule has 0 aliphatic rings. The van der Waals surface area contributed by atoms with Crippen molar-refractivity contribution in [3.05, 3.63) is 29.8 Å². The van der Waals surface area contributed by atoms with Crippen molar-refractivity contribution >= 4 is 11.7 Å². The molecule has 4 nitrogen and oxygen atoms in total. The predicted octanol–water partition coefficient (Wildman–Crippen LogP) is 2.15. The number of aryl methyl sites for hydroxylation is 1. The van der Waals surface area contributed by atoms with Crippen LogP contribution in [0, 0.1) is 6.92 Å². The Morgan fingerprint density at radius 3 is 2.56 bits per heavy atom. The van der Waals surface area contributed by atoms with Crippen LogP contribution in [0.1, 0.15) is 12.5 Å². The Labute approximate surface area is 96.0 Å². The lowest BCUT2D eigenvalue weighted by Gasteiger charge is -2.13. The van der Waals surface area contributed by atoms with E-state index in [-0.39, 0.29) is 12.1 Å². The van der Waals surface area contributed by atoms with Gasteiger partial charge >= 0.3 is 6.03 Å². The lowest BCUT2D eigenvalue weighted by atomic mass is 10.2. The van der Waals surface area contributed by atoms with Crippen molar-refractivity contribution in [2.24, 2.45) is 0 Å². The summed E-state index contributed by atoms with van der Waals surface area (Å²) in [6, 6.07) is 7.43. The maximum atomic E-state index is 11.5. The Morgan fingerprint density at radius 2 is 2.00 bits per heavy atom. The van der Waals surface area contributed by atoms with Crippen molar-refractivity contribution in [3.8, 4) is 0 Å². The normalized spacial score (nSPS) is 11.9. The molecule has 1 rings (SSSR count). The lowest BCUT2D eigenvalue weighted by molar-refractivity contribution is 0.173. The molecular weight excluding hydrogens is 204 g/mol. The van der Waals surface area contributed by atoms with Crippen molar-refractivity contribution in [1.29, 1.82) is 0 Å². The van der Waals surface area contributed by atoms with Crippen LogP contribution < -0.4 is 10.6 Å². The molecule has 0 aliphatic heterocycles. The fourth-order valence-electron chi connectivity index (χ4n) is 1.32. The predicted molar refractivity (Wildman–Crippen MR) is 64.7 cm³/mol. The van der Waals surface area contributed by atoms with Crippen molar-refractivity contribution in [3.63, 3.8) is 0 Å². The van der Waals surface area contributed by atoms with Gasteiger partial charge < -0.3 is 15.4 Å². The molecular formula is C12H18N2O2. The minimum absolute atomic E-state index is 0.00421. The first-order valence-corrected chi connectivity index (χ1v) is 5.25. The summed E-state index contributed by atoms with van der Waals surface area (Å²) >= 11 is 0. The molecule has 0 radical (unpaired) electrons. The summed E-state index contributed by atoms with van der Waals surface area (Å²) in [7, 11) is 1.61. The average molecular weight is 222 g/mol. The summed E-state index contributed by atoms with van der Waals surface area (Å²) in [5.41, 5.74) is 1.95. The third-order valence-corrected chi connectivity index (χ3v) is 2.10. The number of hydrogen-bond acceptors (Lipinski definition) is 2. The number of carbonyl (C=O) groups is 1. The molecule has 88 valence electrons. The van der Waals surface area contributed by atoms with Crippen LogP contribution in [0.15, 0.2) is 24.3 Å². The third kappa shape index (κ3) is 4.31. The molecule has 1 aromatic carbocycles. The highest BCUT2D eigenvalue weighted by Gasteiger charge is 2.06. The fraction of sp³-hybridized carbons (Fsp3) is 0.417. The van der Waals surface area contributed by atoms with Crippen LogP contribution in [0.3, 0.4) is 0 Å². The average Bonchev–Trinajstić information content (AvgIpc) is 2.21. The molecule has 0 saturated heterocycles. The zero-order valence-corrected chi connectivity index (χ0v) is 9.91. The van der Waals surface area contributed by atoms with Gasteiger partial charge in [0.1, 0.15) is 0 Å². The first-order chi connectivity index (χ1) is 7.61. The number of carbonyl (C=O) groups excluding carboxylic acids is 1. The second-order valence-electron chi connectivity index (χ2n) is 3.82. The Morgan fingerprint density at radius 1 is 1.38 bits per heavy atom. The van der Waals surface area contributed by atoms with Crippen LogP contribution in [0.5, 0.6) is 0 Å². The van der Waals surface area contributed by atoms with Crippen LogP contribution in [0.25, 0.3) is 0 Å². The molecule has 16 heavy (non-hydrogen) atoms.